The molecule has 0 fully saturated rings. The van der Waals surface area contributed by atoms with Gasteiger partial charge in [0.15, 0.2) is 6.61 Å². The van der Waals surface area contributed by atoms with Gasteiger partial charge >= 0.3 is 5.69 Å². The van der Waals surface area contributed by atoms with Gasteiger partial charge in [-0.25, -0.2) is 0 Å². The Morgan fingerprint density at radius 1 is 1.22 bits per heavy atom. The third kappa shape index (κ3) is 5.75. The molecule has 0 aliphatic carbocycles. The summed E-state index contributed by atoms with van der Waals surface area (Å²) in [5, 5.41) is 13.2. The zero-order chi connectivity index (χ0) is 20.0. The molecule has 7 nitrogen and oxygen atoms in total. The molecular formula is C19H22FN3O4. The first-order valence-corrected chi connectivity index (χ1v) is 8.46. The molecule has 144 valence electrons. The molecular weight excluding hydrogens is 353 g/mol. The number of nitrogens with one attached hydrogen (secondary N) is 1. The Kier molecular flexibility index (Phi) is 6.84. The maximum atomic E-state index is 13.5. The highest BCUT2D eigenvalue weighted by Crippen LogP contribution is 2.22. The second kappa shape index (κ2) is 9.09. The fourth-order valence-corrected chi connectivity index (χ4v) is 2.40. The molecule has 8 heteroatoms. The number of hydrogen-bond acceptors (Lipinski definition) is 5. The Morgan fingerprint density at radius 3 is 2.41 bits per heavy atom. The summed E-state index contributed by atoms with van der Waals surface area (Å²) in [6.45, 7) is 4.08. The second-order valence-corrected chi connectivity index (χ2v) is 6.39. The highest BCUT2D eigenvalue weighted by atomic mass is 19.1. The molecule has 1 atom stereocenters. The lowest BCUT2D eigenvalue weighted by Gasteiger charge is -2.15. The van der Waals surface area contributed by atoms with E-state index in [2.05, 4.69) is 19.2 Å². The summed E-state index contributed by atoms with van der Waals surface area (Å²) in [5.74, 6) is -0.994. The number of rotatable bonds is 8. The molecule has 0 radical (unpaired) electrons. The van der Waals surface area contributed by atoms with E-state index >= 15 is 0 Å². The highest BCUT2D eigenvalue weighted by Gasteiger charge is 2.15. The van der Waals surface area contributed by atoms with Crippen molar-refractivity contribution in [1.29, 1.82) is 0 Å². The number of benzene rings is 2. The molecule has 27 heavy (non-hydrogen) atoms. The minimum Gasteiger partial charge on any atom is -0.484 e. The maximum absolute atomic E-state index is 13.5. The van der Waals surface area contributed by atoms with Crippen molar-refractivity contribution in [3.63, 3.8) is 0 Å². The maximum Gasteiger partial charge on any atom is 0.305 e. The summed E-state index contributed by atoms with van der Waals surface area (Å²) in [7, 11) is 0. The number of carbonyl (C=O) groups is 1. The van der Waals surface area contributed by atoms with Gasteiger partial charge < -0.3 is 15.8 Å². The molecule has 0 aliphatic heterocycles. The van der Waals surface area contributed by atoms with E-state index in [4.69, 9.17) is 10.5 Å². The van der Waals surface area contributed by atoms with Crippen LogP contribution in [0.5, 0.6) is 5.75 Å². The van der Waals surface area contributed by atoms with Crippen LogP contribution in [0.15, 0.2) is 42.5 Å². The Hall–Kier alpha value is -3.00. The van der Waals surface area contributed by atoms with Crippen LogP contribution in [-0.4, -0.2) is 24.0 Å². The number of ether oxygens (including phenoxy) is 1. The van der Waals surface area contributed by atoms with Gasteiger partial charge in [0.05, 0.1) is 4.92 Å². The number of amides is 1. The number of nitro benzene ring substituents is 1. The lowest BCUT2D eigenvalue weighted by molar-refractivity contribution is -0.387. The SMILES string of the molecule is CC(C)c1ccc(C(N)CNC(=O)COc2ccc([N+](=O)[O-])c(F)c2)cc1. The van der Waals surface area contributed by atoms with Crippen LogP contribution in [0.2, 0.25) is 0 Å². The van der Waals surface area contributed by atoms with Crippen molar-refractivity contribution in [2.24, 2.45) is 5.73 Å². The van der Waals surface area contributed by atoms with Crippen molar-refractivity contribution < 1.29 is 18.8 Å². The van der Waals surface area contributed by atoms with Crippen molar-refractivity contribution in [3.8, 4) is 5.75 Å². The summed E-state index contributed by atoms with van der Waals surface area (Å²) in [4.78, 5) is 21.6. The molecule has 0 heterocycles. The Labute approximate surface area is 156 Å². The van der Waals surface area contributed by atoms with Crippen LogP contribution in [0.25, 0.3) is 0 Å². The van der Waals surface area contributed by atoms with Gasteiger partial charge in [0.2, 0.25) is 5.82 Å². The molecule has 2 rings (SSSR count). The largest absolute Gasteiger partial charge is 0.484 e. The Morgan fingerprint density at radius 2 is 1.85 bits per heavy atom. The van der Waals surface area contributed by atoms with E-state index in [-0.39, 0.29) is 24.9 Å². The molecule has 2 aromatic carbocycles. The van der Waals surface area contributed by atoms with Crippen molar-refractivity contribution in [2.75, 3.05) is 13.2 Å². The van der Waals surface area contributed by atoms with Gasteiger partial charge in [0.1, 0.15) is 5.75 Å². The number of nitrogens with zero attached hydrogens (tertiary/aromatic N) is 1. The summed E-state index contributed by atoms with van der Waals surface area (Å²) < 4.78 is 18.7. The van der Waals surface area contributed by atoms with Crippen molar-refractivity contribution in [3.05, 3.63) is 69.5 Å². The highest BCUT2D eigenvalue weighted by molar-refractivity contribution is 5.77. The fraction of sp³-hybridized carbons (Fsp3) is 0.316. The zero-order valence-electron chi connectivity index (χ0n) is 15.1. The molecule has 3 N–H and O–H groups in total. The fourth-order valence-electron chi connectivity index (χ4n) is 2.40. The Balaban J connectivity index is 1.82. The van der Waals surface area contributed by atoms with Gasteiger partial charge in [-0.2, -0.15) is 4.39 Å². The van der Waals surface area contributed by atoms with Crippen molar-refractivity contribution in [2.45, 2.75) is 25.8 Å². The summed E-state index contributed by atoms with van der Waals surface area (Å²) >= 11 is 0. The predicted molar refractivity (Wildman–Crippen MR) is 99.0 cm³/mol. The van der Waals surface area contributed by atoms with Crippen LogP contribution >= 0.6 is 0 Å². The summed E-state index contributed by atoms with van der Waals surface area (Å²) in [5.41, 5.74) is 7.53. The van der Waals surface area contributed by atoms with Crippen LogP contribution in [0.3, 0.4) is 0 Å². The molecule has 1 unspecified atom stereocenters. The normalized spacial score (nSPS) is 11.9. The predicted octanol–water partition coefficient (Wildman–Crippen LogP) is 3.05. The van der Waals surface area contributed by atoms with E-state index in [1.807, 2.05) is 24.3 Å². The molecule has 0 aromatic heterocycles. The van der Waals surface area contributed by atoms with Crippen LogP contribution in [0.1, 0.15) is 36.9 Å². The number of carbonyl (C=O) groups excluding carboxylic acids is 1. The minimum atomic E-state index is -1.02. The Bertz CT molecular complexity index is 809. The molecule has 0 bridgehead atoms. The number of hydrogen-bond donors (Lipinski definition) is 2. The number of nitrogens with two attached hydrogens (primary N) is 1. The third-order valence-electron chi connectivity index (χ3n) is 4.04. The summed E-state index contributed by atoms with van der Waals surface area (Å²) in [6, 6.07) is 10.6. The first-order chi connectivity index (χ1) is 12.8. The third-order valence-corrected chi connectivity index (χ3v) is 4.04. The average Bonchev–Trinajstić information content (AvgIpc) is 2.64. The van der Waals surface area contributed by atoms with Gasteiger partial charge in [0.25, 0.3) is 5.91 Å². The van der Waals surface area contributed by atoms with Gasteiger partial charge in [-0.1, -0.05) is 38.1 Å². The second-order valence-electron chi connectivity index (χ2n) is 6.39. The zero-order valence-corrected chi connectivity index (χ0v) is 15.1. The van der Waals surface area contributed by atoms with Gasteiger partial charge in [0, 0.05) is 24.7 Å². The number of nitro groups is 1. The molecule has 0 spiro atoms. The lowest BCUT2D eigenvalue weighted by atomic mass is 9.99. The molecule has 0 saturated carbocycles. The van der Waals surface area contributed by atoms with Gasteiger partial charge in [-0.3, -0.25) is 14.9 Å². The van der Waals surface area contributed by atoms with Crippen LogP contribution in [-0.2, 0) is 4.79 Å². The molecule has 2 aromatic rings. The number of halogens is 1. The van der Waals surface area contributed by atoms with Gasteiger partial charge in [-0.15, -0.1) is 0 Å². The van der Waals surface area contributed by atoms with E-state index in [1.165, 1.54) is 11.6 Å². The molecule has 1 amide bonds. The van der Waals surface area contributed by atoms with Crippen LogP contribution in [0.4, 0.5) is 10.1 Å². The molecule has 0 saturated heterocycles. The summed E-state index contributed by atoms with van der Waals surface area (Å²) in [6.07, 6.45) is 0. The van der Waals surface area contributed by atoms with Gasteiger partial charge in [-0.05, 0) is 23.1 Å². The standard InChI is InChI=1S/C19H22FN3O4/c1-12(2)13-3-5-14(6-4-13)17(21)10-22-19(24)11-27-15-7-8-18(23(25)26)16(20)9-15/h3-9,12,17H,10-11,21H2,1-2H3,(H,22,24). The quantitative estimate of drug-likeness (QED) is 0.545. The lowest BCUT2D eigenvalue weighted by Crippen LogP contribution is -2.35. The average molecular weight is 375 g/mol. The van der Waals surface area contributed by atoms with Crippen LogP contribution < -0.4 is 15.8 Å². The topological polar surface area (TPSA) is 107 Å². The van der Waals surface area contributed by atoms with Crippen molar-refractivity contribution >= 4 is 11.6 Å². The first-order valence-electron chi connectivity index (χ1n) is 8.46. The van der Waals surface area contributed by atoms with Crippen molar-refractivity contribution in [1.82, 2.24) is 5.32 Å². The smallest absolute Gasteiger partial charge is 0.305 e. The van der Waals surface area contributed by atoms with E-state index in [0.717, 1.165) is 17.7 Å². The van der Waals surface area contributed by atoms with E-state index in [9.17, 15) is 19.3 Å². The minimum absolute atomic E-state index is 0.0295. The van der Waals surface area contributed by atoms with E-state index < -0.39 is 22.3 Å². The first kappa shape index (κ1) is 20.3. The van der Waals surface area contributed by atoms with Crippen LogP contribution in [0, 0.1) is 15.9 Å². The van der Waals surface area contributed by atoms with E-state index in [0.29, 0.717) is 5.92 Å². The monoisotopic (exact) mass is 375 g/mol. The van der Waals surface area contributed by atoms with E-state index in [1.54, 1.807) is 0 Å². The molecule has 0 aliphatic rings.